The van der Waals surface area contributed by atoms with Crippen molar-refractivity contribution in [3.63, 3.8) is 0 Å². The Morgan fingerprint density at radius 3 is 2.42 bits per heavy atom. The number of carbonyl (C=O) groups excluding carboxylic acids is 1. The average Bonchev–Trinajstić information content (AvgIpc) is 2.73. The van der Waals surface area contributed by atoms with Crippen molar-refractivity contribution in [2.45, 2.75) is 45.3 Å². The summed E-state index contributed by atoms with van der Waals surface area (Å²) in [5.74, 6) is -0.363. The largest absolute Gasteiger partial charge is 0.350 e. The van der Waals surface area contributed by atoms with Gasteiger partial charge in [-0.2, -0.15) is 0 Å². The molecule has 0 saturated carbocycles. The Balaban J connectivity index is 1.71. The molecule has 0 radical (unpaired) electrons. The molecule has 1 amide bonds. The first-order valence-electron chi connectivity index (χ1n) is 10.6. The fraction of sp³-hybridized carbons (Fsp3) is 0.435. The Labute approximate surface area is 190 Å². The van der Waals surface area contributed by atoms with E-state index in [-0.39, 0.29) is 5.91 Å². The number of sulfonamides is 1. The van der Waals surface area contributed by atoms with Crippen molar-refractivity contribution in [3.8, 4) is 0 Å². The lowest BCUT2D eigenvalue weighted by Gasteiger charge is -2.29. The number of likely N-dealkylation sites (tertiary alicyclic amines) is 1. The highest BCUT2D eigenvalue weighted by atomic mass is 35.5. The third-order valence-corrected chi connectivity index (χ3v) is 7.04. The van der Waals surface area contributed by atoms with Crippen molar-refractivity contribution >= 4 is 33.2 Å². The molecule has 1 unspecified atom stereocenters. The van der Waals surface area contributed by atoms with E-state index in [1.165, 1.54) is 24.8 Å². The smallest absolute Gasteiger partial charge is 0.243 e. The van der Waals surface area contributed by atoms with Gasteiger partial charge >= 0.3 is 0 Å². The highest BCUT2D eigenvalue weighted by Gasteiger charge is 2.29. The zero-order valence-electron chi connectivity index (χ0n) is 18.1. The van der Waals surface area contributed by atoms with Gasteiger partial charge in [-0.25, -0.2) is 8.42 Å². The second-order valence-corrected chi connectivity index (χ2v) is 10.3. The van der Waals surface area contributed by atoms with Crippen LogP contribution in [-0.2, 0) is 27.9 Å². The molecule has 8 heteroatoms. The van der Waals surface area contributed by atoms with Crippen LogP contribution in [0.3, 0.4) is 0 Å². The zero-order valence-corrected chi connectivity index (χ0v) is 19.6. The maximum absolute atomic E-state index is 12.9. The van der Waals surface area contributed by atoms with Crippen LogP contribution in [0.25, 0.3) is 0 Å². The molecular weight excluding hydrogens is 434 g/mol. The Kier molecular flexibility index (Phi) is 7.97. The van der Waals surface area contributed by atoms with Crippen LogP contribution >= 0.6 is 11.6 Å². The lowest BCUT2D eigenvalue weighted by molar-refractivity contribution is -0.122. The summed E-state index contributed by atoms with van der Waals surface area (Å²) >= 11 is 6.04. The minimum atomic E-state index is -3.68. The topological polar surface area (TPSA) is 69.7 Å². The van der Waals surface area contributed by atoms with Crippen LogP contribution in [0.2, 0.25) is 5.02 Å². The van der Waals surface area contributed by atoms with Gasteiger partial charge in [-0.1, -0.05) is 48.4 Å². The van der Waals surface area contributed by atoms with Crippen molar-refractivity contribution in [2.75, 3.05) is 23.7 Å². The average molecular weight is 464 g/mol. The minimum absolute atomic E-state index is 0.348. The number of rotatable bonds is 8. The SMILES string of the molecule is CC(C(=O)NCc1ccccc1CN1CCCCC1)N(c1cccc(Cl)c1)S(C)(=O)=O. The van der Waals surface area contributed by atoms with E-state index in [0.29, 0.717) is 17.3 Å². The van der Waals surface area contributed by atoms with E-state index in [9.17, 15) is 13.2 Å². The number of anilines is 1. The van der Waals surface area contributed by atoms with Gasteiger partial charge in [-0.05, 0) is 62.2 Å². The lowest BCUT2D eigenvalue weighted by Crippen LogP contribution is -2.47. The van der Waals surface area contributed by atoms with Crippen LogP contribution in [0.15, 0.2) is 48.5 Å². The maximum atomic E-state index is 12.9. The molecule has 31 heavy (non-hydrogen) atoms. The van der Waals surface area contributed by atoms with Crippen LogP contribution in [0, 0.1) is 0 Å². The molecule has 1 heterocycles. The minimum Gasteiger partial charge on any atom is -0.350 e. The van der Waals surface area contributed by atoms with Crippen molar-refractivity contribution in [3.05, 3.63) is 64.7 Å². The van der Waals surface area contributed by atoms with E-state index in [1.807, 2.05) is 18.2 Å². The summed E-state index contributed by atoms with van der Waals surface area (Å²) in [6, 6.07) is 13.7. The highest BCUT2D eigenvalue weighted by molar-refractivity contribution is 7.92. The molecule has 1 aliphatic rings. The number of amides is 1. The first kappa shape index (κ1) is 23.6. The molecule has 0 aromatic heterocycles. The van der Waals surface area contributed by atoms with Crippen molar-refractivity contribution in [2.24, 2.45) is 0 Å². The number of halogens is 1. The van der Waals surface area contributed by atoms with Gasteiger partial charge < -0.3 is 5.32 Å². The summed E-state index contributed by atoms with van der Waals surface area (Å²) in [5.41, 5.74) is 2.59. The van der Waals surface area contributed by atoms with E-state index < -0.39 is 16.1 Å². The predicted molar refractivity (Wildman–Crippen MR) is 126 cm³/mol. The number of piperidine rings is 1. The van der Waals surface area contributed by atoms with Crippen molar-refractivity contribution in [1.29, 1.82) is 0 Å². The molecule has 1 N–H and O–H groups in total. The summed E-state index contributed by atoms with van der Waals surface area (Å²) in [6.07, 6.45) is 4.82. The third-order valence-electron chi connectivity index (χ3n) is 5.57. The summed E-state index contributed by atoms with van der Waals surface area (Å²) in [4.78, 5) is 15.3. The van der Waals surface area contributed by atoms with Crippen LogP contribution in [0.1, 0.15) is 37.3 Å². The Morgan fingerprint density at radius 1 is 1.10 bits per heavy atom. The fourth-order valence-corrected chi connectivity index (χ4v) is 5.35. The molecule has 0 spiro atoms. The van der Waals surface area contributed by atoms with Gasteiger partial charge in [-0.15, -0.1) is 0 Å². The standard InChI is InChI=1S/C23H30ClN3O3S/c1-18(27(31(2,29)30)22-12-8-11-21(24)15-22)23(28)25-16-19-9-4-5-10-20(19)17-26-13-6-3-7-14-26/h4-5,8-12,15,18H,3,6-7,13-14,16-17H2,1-2H3,(H,25,28). The quantitative estimate of drug-likeness (QED) is 0.646. The molecule has 2 aromatic rings. The number of nitrogens with one attached hydrogen (secondary N) is 1. The number of hydrogen-bond acceptors (Lipinski definition) is 4. The van der Waals surface area contributed by atoms with E-state index in [2.05, 4.69) is 16.3 Å². The monoisotopic (exact) mass is 463 g/mol. The van der Waals surface area contributed by atoms with Gasteiger partial charge in [0.25, 0.3) is 0 Å². The van der Waals surface area contributed by atoms with Gasteiger partial charge in [0.05, 0.1) is 11.9 Å². The Morgan fingerprint density at radius 2 is 1.77 bits per heavy atom. The van der Waals surface area contributed by atoms with Crippen LogP contribution < -0.4 is 9.62 Å². The normalized spacial score (nSPS) is 16.0. The molecule has 168 valence electrons. The molecule has 1 aliphatic heterocycles. The van der Waals surface area contributed by atoms with Crippen molar-refractivity contribution in [1.82, 2.24) is 10.2 Å². The molecule has 6 nitrogen and oxygen atoms in total. The maximum Gasteiger partial charge on any atom is 0.243 e. The Hall–Kier alpha value is -2.09. The molecule has 1 atom stereocenters. The third kappa shape index (κ3) is 6.45. The van der Waals surface area contributed by atoms with E-state index >= 15 is 0 Å². The molecule has 3 rings (SSSR count). The van der Waals surface area contributed by atoms with E-state index in [0.717, 1.165) is 35.8 Å². The Bertz CT molecular complexity index is 1010. The van der Waals surface area contributed by atoms with Gasteiger partial charge in [0, 0.05) is 18.1 Å². The second-order valence-electron chi connectivity index (χ2n) is 8.04. The van der Waals surface area contributed by atoms with Gasteiger partial charge in [0.2, 0.25) is 15.9 Å². The summed E-state index contributed by atoms with van der Waals surface area (Å²) < 4.78 is 26.0. The molecule has 0 aliphatic carbocycles. The molecule has 1 saturated heterocycles. The first-order chi connectivity index (χ1) is 14.8. The lowest BCUT2D eigenvalue weighted by atomic mass is 10.0. The van der Waals surface area contributed by atoms with Crippen LogP contribution in [0.5, 0.6) is 0 Å². The summed E-state index contributed by atoms with van der Waals surface area (Å²) in [6.45, 7) is 4.98. The summed E-state index contributed by atoms with van der Waals surface area (Å²) in [5, 5.41) is 3.32. The van der Waals surface area contributed by atoms with Gasteiger partial charge in [-0.3, -0.25) is 14.0 Å². The highest BCUT2D eigenvalue weighted by Crippen LogP contribution is 2.24. The summed E-state index contributed by atoms with van der Waals surface area (Å²) in [7, 11) is -3.68. The number of nitrogens with zero attached hydrogens (tertiary/aromatic N) is 2. The molecule has 1 fully saturated rings. The number of benzene rings is 2. The van der Waals surface area contributed by atoms with Crippen LogP contribution in [-0.4, -0.2) is 44.6 Å². The predicted octanol–water partition coefficient (Wildman–Crippen LogP) is 3.80. The van der Waals surface area contributed by atoms with Crippen molar-refractivity contribution < 1.29 is 13.2 Å². The second kappa shape index (κ2) is 10.5. The first-order valence-corrected chi connectivity index (χ1v) is 12.8. The zero-order chi connectivity index (χ0) is 22.4. The number of carbonyl (C=O) groups is 1. The van der Waals surface area contributed by atoms with Gasteiger partial charge in [0.15, 0.2) is 0 Å². The molecular formula is C23H30ClN3O3S. The molecule has 0 bridgehead atoms. The fourth-order valence-electron chi connectivity index (χ4n) is 3.99. The van der Waals surface area contributed by atoms with Crippen LogP contribution in [0.4, 0.5) is 5.69 Å². The van der Waals surface area contributed by atoms with E-state index in [4.69, 9.17) is 11.6 Å². The number of hydrogen-bond donors (Lipinski definition) is 1. The molecule has 2 aromatic carbocycles. The van der Waals surface area contributed by atoms with Gasteiger partial charge in [0.1, 0.15) is 6.04 Å². The van der Waals surface area contributed by atoms with E-state index in [1.54, 1.807) is 31.2 Å².